The van der Waals surface area contributed by atoms with Gasteiger partial charge in [0.15, 0.2) is 5.13 Å². The second-order valence-electron chi connectivity index (χ2n) is 3.14. The summed E-state index contributed by atoms with van der Waals surface area (Å²) in [5.41, 5.74) is 1.19. The predicted octanol–water partition coefficient (Wildman–Crippen LogP) is 1.98. The van der Waals surface area contributed by atoms with E-state index in [1.807, 2.05) is 6.92 Å². The summed E-state index contributed by atoms with van der Waals surface area (Å²) in [7, 11) is 0. The van der Waals surface area contributed by atoms with Crippen LogP contribution in [0.3, 0.4) is 0 Å². The van der Waals surface area contributed by atoms with Gasteiger partial charge in [-0.1, -0.05) is 6.92 Å². The summed E-state index contributed by atoms with van der Waals surface area (Å²) in [6.45, 7) is 1.84. The smallest absolute Gasteiger partial charge is 0.225 e. The number of nitrogens with zero attached hydrogens (tertiary/aromatic N) is 1. The molecule has 0 saturated heterocycles. The molecule has 1 amide bonds. The highest BCUT2D eigenvalue weighted by Gasteiger charge is 2.16. The number of thiazole rings is 1. The molecule has 1 N–H and O–H groups in total. The van der Waals surface area contributed by atoms with Crippen molar-refractivity contribution < 1.29 is 4.79 Å². The number of hydrogen-bond acceptors (Lipinski definition) is 3. The average Bonchev–Trinajstić information content (AvgIpc) is 2.63. The van der Waals surface area contributed by atoms with Crippen molar-refractivity contribution in [3.8, 4) is 0 Å². The third-order valence-electron chi connectivity index (χ3n) is 2.16. The van der Waals surface area contributed by atoms with Crippen molar-refractivity contribution in [3.63, 3.8) is 0 Å². The molecule has 1 aliphatic rings. The van der Waals surface area contributed by atoms with Crippen LogP contribution >= 0.6 is 11.3 Å². The first-order valence-electron chi connectivity index (χ1n) is 4.58. The standard InChI is InChI=1S/C9H12N2OS/c1-2-8(12)11-9-10-6-4-3-5-7(6)13-9/h2-5H2,1H3,(H,10,11,12). The normalized spacial score (nSPS) is 14.2. The molecule has 0 radical (unpaired) electrons. The summed E-state index contributed by atoms with van der Waals surface area (Å²) in [6.07, 6.45) is 3.95. The van der Waals surface area contributed by atoms with Crippen LogP contribution in [0.1, 0.15) is 30.3 Å². The Balaban J connectivity index is 2.10. The molecule has 1 heterocycles. The second-order valence-corrected chi connectivity index (χ2v) is 4.23. The highest BCUT2D eigenvalue weighted by atomic mass is 32.1. The number of nitrogens with one attached hydrogen (secondary N) is 1. The molecule has 0 aliphatic heterocycles. The van der Waals surface area contributed by atoms with E-state index in [9.17, 15) is 4.79 Å². The monoisotopic (exact) mass is 196 g/mol. The van der Waals surface area contributed by atoms with E-state index in [0.29, 0.717) is 6.42 Å². The third kappa shape index (κ3) is 1.72. The summed E-state index contributed by atoms with van der Waals surface area (Å²) in [4.78, 5) is 16.8. The van der Waals surface area contributed by atoms with Crippen LogP contribution in [0.5, 0.6) is 0 Å². The van der Waals surface area contributed by atoms with Gasteiger partial charge in [-0.05, 0) is 19.3 Å². The Kier molecular flexibility index (Phi) is 2.31. The van der Waals surface area contributed by atoms with Gasteiger partial charge in [0.25, 0.3) is 0 Å². The van der Waals surface area contributed by atoms with Gasteiger partial charge in [0.2, 0.25) is 5.91 Å². The Labute approximate surface area is 81.2 Å². The third-order valence-corrected chi connectivity index (χ3v) is 3.24. The molecule has 13 heavy (non-hydrogen) atoms. The Bertz CT molecular complexity index is 311. The van der Waals surface area contributed by atoms with E-state index in [1.54, 1.807) is 11.3 Å². The zero-order valence-electron chi connectivity index (χ0n) is 7.59. The fourth-order valence-corrected chi connectivity index (χ4v) is 2.52. The minimum Gasteiger partial charge on any atom is -0.302 e. The number of aromatic nitrogens is 1. The number of carbonyl (C=O) groups excluding carboxylic acids is 1. The maximum Gasteiger partial charge on any atom is 0.225 e. The fraction of sp³-hybridized carbons (Fsp3) is 0.556. The molecule has 0 atom stereocenters. The van der Waals surface area contributed by atoms with E-state index in [2.05, 4.69) is 10.3 Å². The lowest BCUT2D eigenvalue weighted by molar-refractivity contribution is -0.115. The van der Waals surface area contributed by atoms with Crippen molar-refractivity contribution in [1.82, 2.24) is 4.98 Å². The van der Waals surface area contributed by atoms with E-state index in [1.165, 1.54) is 17.0 Å². The van der Waals surface area contributed by atoms with Crippen LogP contribution in [0.15, 0.2) is 0 Å². The van der Waals surface area contributed by atoms with Gasteiger partial charge in [0.1, 0.15) is 0 Å². The van der Waals surface area contributed by atoms with Gasteiger partial charge in [-0.3, -0.25) is 4.79 Å². The van der Waals surface area contributed by atoms with Gasteiger partial charge >= 0.3 is 0 Å². The van der Waals surface area contributed by atoms with Crippen LogP contribution in [-0.2, 0) is 17.6 Å². The summed E-state index contributed by atoms with van der Waals surface area (Å²) in [5, 5.41) is 3.56. The zero-order chi connectivity index (χ0) is 9.26. The van der Waals surface area contributed by atoms with Crippen molar-refractivity contribution in [2.24, 2.45) is 0 Å². The van der Waals surface area contributed by atoms with Crippen LogP contribution in [0.4, 0.5) is 5.13 Å². The van der Waals surface area contributed by atoms with E-state index in [-0.39, 0.29) is 5.91 Å². The number of anilines is 1. The molecule has 3 nitrogen and oxygen atoms in total. The highest BCUT2D eigenvalue weighted by Crippen LogP contribution is 2.30. The molecule has 70 valence electrons. The Morgan fingerprint density at radius 2 is 2.46 bits per heavy atom. The molecule has 0 bridgehead atoms. The van der Waals surface area contributed by atoms with Crippen molar-refractivity contribution in [2.75, 3.05) is 5.32 Å². The van der Waals surface area contributed by atoms with Crippen LogP contribution in [0.25, 0.3) is 0 Å². The molecule has 1 aliphatic carbocycles. The number of aryl methyl sites for hydroxylation is 2. The van der Waals surface area contributed by atoms with E-state index in [0.717, 1.165) is 18.0 Å². The maximum absolute atomic E-state index is 11.1. The molecule has 1 aromatic rings. The minimum absolute atomic E-state index is 0.0485. The minimum atomic E-state index is 0.0485. The molecule has 0 spiro atoms. The average molecular weight is 196 g/mol. The molecule has 0 fully saturated rings. The zero-order valence-corrected chi connectivity index (χ0v) is 8.41. The van der Waals surface area contributed by atoms with Crippen LogP contribution in [0, 0.1) is 0 Å². The maximum atomic E-state index is 11.1. The van der Waals surface area contributed by atoms with Gasteiger partial charge in [-0.25, -0.2) is 4.98 Å². The van der Waals surface area contributed by atoms with Crippen molar-refractivity contribution in [2.45, 2.75) is 32.6 Å². The van der Waals surface area contributed by atoms with E-state index < -0.39 is 0 Å². The molecular formula is C9H12N2OS. The van der Waals surface area contributed by atoms with Crippen LogP contribution < -0.4 is 5.32 Å². The van der Waals surface area contributed by atoms with Gasteiger partial charge in [-0.15, -0.1) is 11.3 Å². The van der Waals surface area contributed by atoms with Crippen molar-refractivity contribution in [1.29, 1.82) is 0 Å². The second kappa shape index (κ2) is 3.46. The predicted molar refractivity (Wildman–Crippen MR) is 53.1 cm³/mol. The first kappa shape index (κ1) is 8.69. The number of carbonyl (C=O) groups is 1. The lowest BCUT2D eigenvalue weighted by Gasteiger charge is -1.96. The summed E-state index contributed by atoms with van der Waals surface area (Å²) >= 11 is 1.62. The van der Waals surface area contributed by atoms with Gasteiger partial charge in [0, 0.05) is 11.3 Å². The van der Waals surface area contributed by atoms with Crippen LogP contribution in [0.2, 0.25) is 0 Å². The van der Waals surface area contributed by atoms with E-state index in [4.69, 9.17) is 0 Å². The molecule has 1 aromatic heterocycles. The molecule has 4 heteroatoms. The van der Waals surface area contributed by atoms with Crippen molar-refractivity contribution in [3.05, 3.63) is 10.6 Å². The lowest BCUT2D eigenvalue weighted by atomic mass is 10.4. The van der Waals surface area contributed by atoms with Gasteiger partial charge in [0.05, 0.1) is 5.69 Å². The Hall–Kier alpha value is -0.900. The topological polar surface area (TPSA) is 42.0 Å². The van der Waals surface area contributed by atoms with Gasteiger partial charge < -0.3 is 5.32 Å². The Morgan fingerprint density at radius 3 is 3.15 bits per heavy atom. The molecule has 0 aromatic carbocycles. The summed E-state index contributed by atoms with van der Waals surface area (Å²) < 4.78 is 0. The Morgan fingerprint density at radius 1 is 1.62 bits per heavy atom. The number of fused-ring (bicyclic) bond motifs is 1. The number of rotatable bonds is 2. The first-order valence-corrected chi connectivity index (χ1v) is 5.39. The molecule has 0 unspecified atom stereocenters. The summed E-state index contributed by atoms with van der Waals surface area (Å²) in [5.74, 6) is 0.0485. The van der Waals surface area contributed by atoms with E-state index >= 15 is 0 Å². The SMILES string of the molecule is CCC(=O)Nc1nc2c(s1)CCC2. The molecule has 2 rings (SSSR count). The van der Waals surface area contributed by atoms with Crippen LogP contribution in [-0.4, -0.2) is 10.9 Å². The quantitative estimate of drug-likeness (QED) is 0.785. The molecule has 0 saturated carbocycles. The lowest BCUT2D eigenvalue weighted by Crippen LogP contribution is -2.09. The van der Waals surface area contributed by atoms with Gasteiger partial charge in [-0.2, -0.15) is 0 Å². The molecular weight excluding hydrogens is 184 g/mol. The number of hydrogen-bond donors (Lipinski definition) is 1. The summed E-state index contributed by atoms with van der Waals surface area (Å²) in [6, 6.07) is 0. The number of amides is 1. The highest BCUT2D eigenvalue weighted by molar-refractivity contribution is 7.15. The first-order chi connectivity index (χ1) is 6.29. The fourth-order valence-electron chi connectivity index (χ4n) is 1.45. The van der Waals surface area contributed by atoms with Crippen molar-refractivity contribution >= 4 is 22.4 Å². The largest absolute Gasteiger partial charge is 0.302 e.